The molecule has 0 aliphatic rings. The van der Waals surface area contributed by atoms with E-state index < -0.39 is 0 Å². The predicted molar refractivity (Wildman–Crippen MR) is 126 cm³/mol. The van der Waals surface area contributed by atoms with Crippen LogP contribution in [-0.4, -0.2) is 31.9 Å². The zero-order chi connectivity index (χ0) is 22.6. The highest BCUT2D eigenvalue weighted by molar-refractivity contribution is 6.55. The number of amides is 1. The number of carbonyl (C=O) groups is 1. The summed E-state index contributed by atoms with van der Waals surface area (Å²) in [6, 6.07) is 12.6. The molecular formula is C22H23Cl3N2O4. The molecule has 31 heavy (non-hydrogen) atoms. The molecule has 0 aromatic heterocycles. The van der Waals surface area contributed by atoms with Crippen LogP contribution in [0, 0.1) is 0 Å². The number of para-hydroxylation sites is 1. The van der Waals surface area contributed by atoms with Gasteiger partial charge in [-0.15, -0.1) is 0 Å². The number of ether oxygens (including phenoxy) is 2. The Morgan fingerprint density at radius 2 is 1.94 bits per heavy atom. The summed E-state index contributed by atoms with van der Waals surface area (Å²) in [4.78, 5) is 17.3. The van der Waals surface area contributed by atoms with Crippen molar-refractivity contribution in [1.82, 2.24) is 0 Å². The van der Waals surface area contributed by atoms with E-state index in [1.807, 2.05) is 30.3 Å². The highest BCUT2D eigenvalue weighted by atomic mass is 35.5. The monoisotopic (exact) mass is 484 g/mol. The van der Waals surface area contributed by atoms with E-state index in [1.165, 1.54) is 13.2 Å². The molecule has 0 spiro atoms. The number of carbonyl (C=O) groups excluding carboxylic acids is 1. The number of halogens is 3. The van der Waals surface area contributed by atoms with Crippen molar-refractivity contribution in [3.05, 3.63) is 63.6 Å². The summed E-state index contributed by atoms with van der Waals surface area (Å²) >= 11 is 17.5. The fraction of sp³-hybridized carbons (Fsp3) is 0.273. The molecule has 0 fully saturated rings. The summed E-state index contributed by atoms with van der Waals surface area (Å²) < 4.78 is 11.1. The van der Waals surface area contributed by atoms with Crippen LogP contribution in [0.4, 0.5) is 5.69 Å². The molecule has 9 heteroatoms. The molecule has 6 nitrogen and oxygen atoms in total. The van der Waals surface area contributed by atoms with Crippen molar-refractivity contribution in [3.63, 3.8) is 0 Å². The summed E-state index contributed by atoms with van der Waals surface area (Å²) in [6.45, 7) is 2.22. The van der Waals surface area contributed by atoms with Gasteiger partial charge in [-0.1, -0.05) is 58.2 Å². The van der Waals surface area contributed by atoms with Crippen molar-refractivity contribution in [2.24, 2.45) is 5.16 Å². The van der Waals surface area contributed by atoms with E-state index in [4.69, 9.17) is 49.1 Å². The molecule has 1 N–H and O–H groups in total. The molecule has 0 unspecified atom stereocenters. The Bertz CT molecular complexity index is 930. The summed E-state index contributed by atoms with van der Waals surface area (Å²) in [6.07, 6.45) is 2.35. The highest BCUT2D eigenvalue weighted by Gasteiger charge is 2.14. The fourth-order valence-corrected chi connectivity index (χ4v) is 2.98. The first-order chi connectivity index (χ1) is 14.9. The lowest BCUT2D eigenvalue weighted by molar-refractivity contribution is -0.116. The second-order valence-electron chi connectivity index (χ2n) is 6.32. The topological polar surface area (TPSA) is 69.1 Å². The molecule has 0 aliphatic heterocycles. The number of oxime groups is 1. The van der Waals surface area contributed by atoms with Gasteiger partial charge in [0.25, 0.3) is 0 Å². The Labute approximate surface area is 196 Å². The normalized spacial score (nSPS) is 10.9. The molecule has 2 rings (SSSR count). The van der Waals surface area contributed by atoms with Gasteiger partial charge in [0.15, 0.2) is 0 Å². The zero-order valence-electron chi connectivity index (χ0n) is 17.2. The lowest BCUT2D eigenvalue weighted by atomic mass is 10.1. The van der Waals surface area contributed by atoms with Crippen LogP contribution in [0.15, 0.2) is 58.2 Å². The molecule has 166 valence electrons. The Morgan fingerprint density at radius 1 is 1.19 bits per heavy atom. The average Bonchev–Trinajstić information content (AvgIpc) is 2.73. The highest BCUT2D eigenvalue weighted by Crippen LogP contribution is 2.34. The van der Waals surface area contributed by atoms with Gasteiger partial charge in [-0.05, 0) is 37.6 Å². The summed E-state index contributed by atoms with van der Waals surface area (Å²) in [5.74, 6) is 0.866. The number of anilines is 1. The van der Waals surface area contributed by atoms with E-state index in [1.54, 1.807) is 19.1 Å². The molecule has 0 atom stereocenters. The largest absolute Gasteiger partial charge is 0.494 e. The van der Waals surface area contributed by atoms with E-state index in [0.29, 0.717) is 40.6 Å². The van der Waals surface area contributed by atoms with Crippen molar-refractivity contribution in [2.75, 3.05) is 25.6 Å². The SMILES string of the molecule is COc1c(Cl)cc(OCC=C(Cl)Cl)cc1C(C)=NOCCCC(=O)Nc1ccccc1. The Morgan fingerprint density at radius 3 is 2.61 bits per heavy atom. The van der Waals surface area contributed by atoms with Crippen LogP contribution in [-0.2, 0) is 9.63 Å². The van der Waals surface area contributed by atoms with Crippen LogP contribution in [0.1, 0.15) is 25.3 Å². The van der Waals surface area contributed by atoms with E-state index in [-0.39, 0.29) is 23.6 Å². The van der Waals surface area contributed by atoms with E-state index in [0.717, 1.165) is 5.69 Å². The van der Waals surface area contributed by atoms with Crippen LogP contribution in [0.25, 0.3) is 0 Å². The first-order valence-corrected chi connectivity index (χ1v) is 10.6. The molecule has 1 amide bonds. The maximum Gasteiger partial charge on any atom is 0.224 e. The summed E-state index contributed by atoms with van der Waals surface area (Å²) in [5, 5.41) is 7.30. The summed E-state index contributed by atoms with van der Waals surface area (Å²) in [5.41, 5.74) is 1.92. The molecule has 0 radical (unpaired) electrons. The van der Waals surface area contributed by atoms with Gasteiger partial charge < -0.3 is 19.6 Å². The van der Waals surface area contributed by atoms with Crippen molar-refractivity contribution in [2.45, 2.75) is 19.8 Å². The van der Waals surface area contributed by atoms with Crippen molar-refractivity contribution in [1.29, 1.82) is 0 Å². The smallest absolute Gasteiger partial charge is 0.224 e. The van der Waals surface area contributed by atoms with Gasteiger partial charge in [0, 0.05) is 23.7 Å². The second-order valence-corrected chi connectivity index (χ2v) is 7.73. The van der Waals surface area contributed by atoms with Crippen molar-refractivity contribution >= 4 is 52.1 Å². The van der Waals surface area contributed by atoms with E-state index in [9.17, 15) is 4.79 Å². The van der Waals surface area contributed by atoms with E-state index >= 15 is 0 Å². The quantitative estimate of drug-likeness (QED) is 0.233. The van der Waals surface area contributed by atoms with Crippen LogP contribution < -0.4 is 14.8 Å². The standard InChI is InChI=1S/C22H23Cl3N2O4/c1-15(27-31-11-6-9-21(28)26-16-7-4-3-5-8-16)18-13-17(30-12-10-20(24)25)14-19(23)22(18)29-2/h3-5,7-8,10,13-14H,6,9,11-12H2,1-2H3,(H,26,28). The molecule has 0 heterocycles. The number of methoxy groups -OCH3 is 1. The van der Waals surface area contributed by atoms with Crippen molar-refractivity contribution in [3.8, 4) is 11.5 Å². The van der Waals surface area contributed by atoms with Gasteiger partial charge >= 0.3 is 0 Å². The van der Waals surface area contributed by atoms with Gasteiger partial charge in [0.05, 0.1) is 17.8 Å². The molecule has 2 aromatic rings. The van der Waals surface area contributed by atoms with Gasteiger partial charge in [0.1, 0.15) is 29.2 Å². The van der Waals surface area contributed by atoms with Gasteiger partial charge in [-0.25, -0.2) is 0 Å². The Balaban J connectivity index is 1.91. The van der Waals surface area contributed by atoms with Crippen LogP contribution in [0.5, 0.6) is 11.5 Å². The maximum absolute atomic E-state index is 11.9. The molecule has 0 bridgehead atoms. The third kappa shape index (κ3) is 8.69. The maximum atomic E-state index is 11.9. The molecule has 2 aromatic carbocycles. The molecule has 0 saturated heterocycles. The third-order valence-corrected chi connectivity index (χ3v) is 4.59. The minimum Gasteiger partial charge on any atom is -0.494 e. The first kappa shape index (κ1) is 24.9. The van der Waals surface area contributed by atoms with Crippen molar-refractivity contribution < 1.29 is 19.1 Å². The van der Waals surface area contributed by atoms with Crippen LogP contribution >= 0.6 is 34.8 Å². The average molecular weight is 486 g/mol. The molecule has 0 aliphatic carbocycles. The number of nitrogens with one attached hydrogen (secondary N) is 1. The Hall–Kier alpha value is -2.41. The summed E-state index contributed by atoms with van der Waals surface area (Å²) in [7, 11) is 1.51. The zero-order valence-corrected chi connectivity index (χ0v) is 19.4. The minimum absolute atomic E-state index is 0.0834. The van der Waals surface area contributed by atoms with Crippen LogP contribution in [0.3, 0.4) is 0 Å². The van der Waals surface area contributed by atoms with Crippen LogP contribution in [0.2, 0.25) is 5.02 Å². The van der Waals surface area contributed by atoms with Gasteiger partial charge in [0.2, 0.25) is 5.91 Å². The minimum atomic E-state index is -0.0834. The van der Waals surface area contributed by atoms with Gasteiger partial charge in [-0.2, -0.15) is 0 Å². The number of benzene rings is 2. The second kappa shape index (κ2) is 13.1. The first-order valence-electron chi connectivity index (χ1n) is 9.44. The molecule has 0 saturated carbocycles. The van der Waals surface area contributed by atoms with Gasteiger partial charge in [-0.3, -0.25) is 4.79 Å². The number of rotatable bonds is 11. The Kier molecular flexibility index (Phi) is 10.5. The third-order valence-electron chi connectivity index (χ3n) is 4.00. The molecular weight excluding hydrogens is 463 g/mol. The number of hydrogen-bond donors (Lipinski definition) is 1. The lowest BCUT2D eigenvalue weighted by Gasteiger charge is -2.13. The lowest BCUT2D eigenvalue weighted by Crippen LogP contribution is -2.12. The number of hydrogen-bond acceptors (Lipinski definition) is 5. The predicted octanol–water partition coefficient (Wildman–Crippen LogP) is 6.21. The fourth-order valence-electron chi connectivity index (χ4n) is 2.56. The van der Waals surface area contributed by atoms with E-state index in [2.05, 4.69) is 10.5 Å². The number of nitrogens with zero attached hydrogens (tertiary/aromatic N) is 1.